The molecule has 68 valence electrons. The molecule has 11 heavy (non-hydrogen) atoms. The van der Waals surface area contributed by atoms with Crippen LogP contribution in [0.5, 0.6) is 0 Å². The van der Waals surface area contributed by atoms with Crippen molar-refractivity contribution < 1.29 is 4.74 Å². The van der Waals surface area contributed by atoms with Crippen molar-refractivity contribution in [3.8, 4) is 0 Å². The van der Waals surface area contributed by atoms with Gasteiger partial charge in [0.05, 0.1) is 6.61 Å². The Bertz CT molecular complexity index is 83.6. The third kappa shape index (κ3) is 7.82. The average molecular weight is 159 g/mol. The maximum absolute atomic E-state index is 5.79. The van der Waals surface area contributed by atoms with Crippen LogP contribution in [0.3, 0.4) is 0 Å². The molecule has 0 fully saturated rings. The van der Waals surface area contributed by atoms with Crippen LogP contribution in [0.2, 0.25) is 0 Å². The van der Waals surface area contributed by atoms with Gasteiger partial charge in [0.2, 0.25) is 0 Å². The van der Waals surface area contributed by atoms with Gasteiger partial charge in [-0.25, -0.2) is 0 Å². The number of nitrogens with two attached hydrogens (primary N) is 1. The predicted molar refractivity (Wildman–Crippen MR) is 48.5 cm³/mol. The summed E-state index contributed by atoms with van der Waals surface area (Å²) in [6.07, 6.45) is 2.14. The lowest BCUT2D eigenvalue weighted by Gasteiger charge is -2.13. The average Bonchev–Trinajstić information content (AvgIpc) is 1.86. The largest absolute Gasteiger partial charge is 0.380 e. The van der Waals surface area contributed by atoms with Crippen LogP contribution in [-0.2, 0) is 4.74 Å². The van der Waals surface area contributed by atoms with E-state index in [0.29, 0.717) is 12.5 Å². The zero-order chi connectivity index (χ0) is 8.69. The molecule has 0 saturated carbocycles. The van der Waals surface area contributed by atoms with Crippen molar-refractivity contribution in [1.29, 1.82) is 0 Å². The van der Waals surface area contributed by atoms with Crippen molar-refractivity contribution in [2.45, 2.75) is 39.7 Å². The van der Waals surface area contributed by atoms with Gasteiger partial charge in [-0.15, -0.1) is 0 Å². The van der Waals surface area contributed by atoms with E-state index in [0.717, 1.165) is 19.4 Å². The van der Waals surface area contributed by atoms with E-state index in [9.17, 15) is 0 Å². The maximum Gasteiger partial charge on any atom is 0.0617 e. The van der Waals surface area contributed by atoms with Crippen molar-refractivity contribution >= 4 is 0 Å². The van der Waals surface area contributed by atoms with Crippen LogP contribution in [0.1, 0.15) is 33.6 Å². The van der Waals surface area contributed by atoms with Gasteiger partial charge in [0.15, 0.2) is 0 Å². The minimum Gasteiger partial charge on any atom is -0.380 e. The summed E-state index contributed by atoms with van der Waals surface area (Å²) in [5, 5.41) is 0. The Hall–Kier alpha value is -0.0800. The first-order valence-electron chi connectivity index (χ1n) is 4.50. The summed E-state index contributed by atoms with van der Waals surface area (Å²) in [6.45, 7) is 8.02. The molecule has 0 rings (SSSR count). The number of hydrogen-bond donors (Lipinski definition) is 1. The molecule has 2 nitrogen and oxygen atoms in total. The standard InChI is InChI=1S/C9H21NO/c1-4-5-11-7-9(10)6-8(2)3/h8-9H,4-7,10H2,1-3H3/t9-/m1/s1. The van der Waals surface area contributed by atoms with E-state index in [-0.39, 0.29) is 6.04 Å². The van der Waals surface area contributed by atoms with E-state index in [4.69, 9.17) is 10.5 Å². The monoisotopic (exact) mass is 159 g/mol. The first kappa shape index (κ1) is 10.9. The van der Waals surface area contributed by atoms with E-state index in [1.807, 2.05) is 0 Å². The van der Waals surface area contributed by atoms with Crippen LogP contribution in [0, 0.1) is 5.92 Å². The third-order valence-corrected chi connectivity index (χ3v) is 1.45. The molecule has 2 heteroatoms. The van der Waals surface area contributed by atoms with Crippen LogP contribution in [-0.4, -0.2) is 19.3 Å². The summed E-state index contributed by atoms with van der Waals surface area (Å²) in [5.74, 6) is 0.676. The highest BCUT2D eigenvalue weighted by molar-refractivity contribution is 4.61. The highest BCUT2D eigenvalue weighted by atomic mass is 16.5. The lowest BCUT2D eigenvalue weighted by Crippen LogP contribution is -2.27. The molecule has 0 aliphatic carbocycles. The molecule has 0 aliphatic heterocycles. The summed E-state index contributed by atoms with van der Waals surface area (Å²) < 4.78 is 5.32. The fraction of sp³-hybridized carbons (Fsp3) is 1.00. The van der Waals surface area contributed by atoms with Crippen LogP contribution >= 0.6 is 0 Å². The van der Waals surface area contributed by atoms with Crippen LogP contribution < -0.4 is 5.73 Å². The second-order valence-electron chi connectivity index (χ2n) is 3.46. The fourth-order valence-corrected chi connectivity index (χ4v) is 1.05. The van der Waals surface area contributed by atoms with Gasteiger partial charge in [0, 0.05) is 12.6 Å². The molecule has 1 atom stereocenters. The maximum atomic E-state index is 5.79. The summed E-state index contributed by atoms with van der Waals surface area (Å²) in [7, 11) is 0. The smallest absolute Gasteiger partial charge is 0.0617 e. The summed E-state index contributed by atoms with van der Waals surface area (Å²) in [6, 6.07) is 0.224. The summed E-state index contributed by atoms with van der Waals surface area (Å²) in [5.41, 5.74) is 5.79. The van der Waals surface area contributed by atoms with Gasteiger partial charge in [-0.05, 0) is 18.8 Å². The summed E-state index contributed by atoms with van der Waals surface area (Å²) >= 11 is 0. The Kier molecular flexibility index (Phi) is 6.57. The molecular weight excluding hydrogens is 138 g/mol. The SMILES string of the molecule is CCCOC[C@H](N)CC(C)C. The van der Waals surface area contributed by atoms with Gasteiger partial charge < -0.3 is 10.5 Å². The molecule has 0 aromatic carbocycles. The minimum atomic E-state index is 0.224. The molecule has 0 amide bonds. The fourth-order valence-electron chi connectivity index (χ4n) is 1.05. The summed E-state index contributed by atoms with van der Waals surface area (Å²) in [4.78, 5) is 0. The van der Waals surface area contributed by atoms with E-state index in [1.165, 1.54) is 0 Å². The molecule has 0 aromatic heterocycles. The van der Waals surface area contributed by atoms with Crippen LogP contribution in [0.15, 0.2) is 0 Å². The molecule has 0 unspecified atom stereocenters. The van der Waals surface area contributed by atoms with Crippen molar-refractivity contribution in [2.75, 3.05) is 13.2 Å². The normalized spacial score (nSPS) is 13.9. The number of hydrogen-bond acceptors (Lipinski definition) is 2. The zero-order valence-corrected chi connectivity index (χ0v) is 7.97. The number of ether oxygens (including phenoxy) is 1. The van der Waals surface area contributed by atoms with Gasteiger partial charge in [0.1, 0.15) is 0 Å². The van der Waals surface area contributed by atoms with Crippen molar-refractivity contribution in [2.24, 2.45) is 11.7 Å². The second kappa shape index (κ2) is 6.62. The van der Waals surface area contributed by atoms with E-state index >= 15 is 0 Å². The Morgan fingerprint density at radius 2 is 2.00 bits per heavy atom. The molecule has 0 bridgehead atoms. The molecule has 0 spiro atoms. The molecule has 0 radical (unpaired) electrons. The van der Waals surface area contributed by atoms with Gasteiger partial charge in [-0.2, -0.15) is 0 Å². The lowest BCUT2D eigenvalue weighted by molar-refractivity contribution is 0.116. The van der Waals surface area contributed by atoms with Gasteiger partial charge in [-0.3, -0.25) is 0 Å². The first-order chi connectivity index (χ1) is 5.16. The van der Waals surface area contributed by atoms with Gasteiger partial charge in [-0.1, -0.05) is 20.8 Å². The van der Waals surface area contributed by atoms with Crippen molar-refractivity contribution in [1.82, 2.24) is 0 Å². The van der Waals surface area contributed by atoms with E-state index in [2.05, 4.69) is 20.8 Å². The number of rotatable bonds is 6. The quantitative estimate of drug-likeness (QED) is 0.600. The molecule has 0 heterocycles. The molecule has 0 saturated heterocycles. The highest BCUT2D eigenvalue weighted by Gasteiger charge is 2.04. The Morgan fingerprint density at radius 1 is 1.36 bits per heavy atom. The molecular formula is C9H21NO. The predicted octanol–water partition coefficient (Wildman–Crippen LogP) is 1.79. The Balaban J connectivity index is 3.15. The highest BCUT2D eigenvalue weighted by Crippen LogP contribution is 2.02. The van der Waals surface area contributed by atoms with Gasteiger partial charge in [0.25, 0.3) is 0 Å². The van der Waals surface area contributed by atoms with E-state index < -0.39 is 0 Å². The van der Waals surface area contributed by atoms with Crippen molar-refractivity contribution in [3.63, 3.8) is 0 Å². The van der Waals surface area contributed by atoms with Crippen molar-refractivity contribution in [3.05, 3.63) is 0 Å². The minimum absolute atomic E-state index is 0.224. The first-order valence-corrected chi connectivity index (χ1v) is 4.50. The topological polar surface area (TPSA) is 35.2 Å². The van der Waals surface area contributed by atoms with Crippen LogP contribution in [0.25, 0.3) is 0 Å². The Morgan fingerprint density at radius 3 is 2.45 bits per heavy atom. The Labute approximate surface area is 70.1 Å². The molecule has 0 aliphatic rings. The molecule has 2 N–H and O–H groups in total. The molecule has 0 aromatic rings. The third-order valence-electron chi connectivity index (χ3n) is 1.45. The van der Waals surface area contributed by atoms with Gasteiger partial charge >= 0.3 is 0 Å². The zero-order valence-electron chi connectivity index (χ0n) is 7.97. The van der Waals surface area contributed by atoms with Crippen LogP contribution in [0.4, 0.5) is 0 Å². The van der Waals surface area contributed by atoms with E-state index in [1.54, 1.807) is 0 Å². The second-order valence-corrected chi connectivity index (χ2v) is 3.46. The lowest BCUT2D eigenvalue weighted by atomic mass is 10.1.